The molecule has 0 aliphatic carbocycles. The van der Waals surface area contributed by atoms with Crippen LogP contribution in [0.2, 0.25) is 0 Å². The Balaban J connectivity index is 2.24. The van der Waals surface area contributed by atoms with Crippen LogP contribution in [0.4, 0.5) is 0 Å². The monoisotopic (exact) mass is 343 g/mol. The Bertz CT molecular complexity index is 454. The molecular formula is C15H22BrNO3. The topological polar surface area (TPSA) is 42.7 Å². The molecule has 1 aromatic rings. The van der Waals surface area contributed by atoms with Crippen LogP contribution in [0.1, 0.15) is 45.3 Å². The number of hydrogen-bond donors (Lipinski definition) is 0. The number of piperidine rings is 1. The second kappa shape index (κ2) is 6.76. The molecule has 0 amide bonds. The molecule has 0 bridgehead atoms. The molecule has 1 fully saturated rings. The third-order valence-corrected chi connectivity index (χ3v) is 4.38. The molecule has 20 heavy (non-hydrogen) atoms. The Labute approximate surface area is 128 Å². The molecule has 4 nitrogen and oxygen atoms in total. The zero-order valence-corrected chi connectivity index (χ0v) is 13.7. The third kappa shape index (κ3) is 3.44. The van der Waals surface area contributed by atoms with Crippen molar-refractivity contribution in [3.05, 3.63) is 22.6 Å². The lowest BCUT2D eigenvalue weighted by Crippen LogP contribution is -2.47. The van der Waals surface area contributed by atoms with Gasteiger partial charge in [0, 0.05) is 0 Å². The fourth-order valence-electron chi connectivity index (χ4n) is 2.84. The van der Waals surface area contributed by atoms with E-state index >= 15 is 0 Å². The molecule has 1 aliphatic heterocycles. The molecule has 0 aromatic carbocycles. The summed E-state index contributed by atoms with van der Waals surface area (Å²) in [5.74, 6) is 0.646. The minimum atomic E-state index is -0.432. The molecular weight excluding hydrogens is 322 g/mol. The van der Waals surface area contributed by atoms with Gasteiger partial charge in [0.1, 0.15) is 5.76 Å². The summed E-state index contributed by atoms with van der Waals surface area (Å²) in [5, 5.41) is 0. The maximum absolute atomic E-state index is 12.0. The van der Waals surface area contributed by atoms with Crippen LogP contribution in [0.3, 0.4) is 0 Å². The molecule has 0 radical (unpaired) electrons. The maximum atomic E-state index is 12.0. The summed E-state index contributed by atoms with van der Waals surface area (Å²) in [7, 11) is 0. The number of carbonyl (C=O) groups excluding carboxylic acids is 1. The Kier molecular flexibility index (Phi) is 5.27. The van der Waals surface area contributed by atoms with Crippen LogP contribution < -0.4 is 0 Å². The standard InChI is InChI=1S/C15H22BrNO3/c1-3-19-14(18)11-15(2,12-7-8-13(16)20-12)17-9-5-4-6-10-17/h7-8H,3-6,9-11H2,1-2H3. The van der Waals surface area contributed by atoms with Gasteiger partial charge >= 0.3 is 5.97 Å². The zero-order valence-electron chi connectivity index (χ0n) is 12.2. The van der Waals surface area contributed by atoms with Crippen molar-refractivity contribution in [1.82, 2.24) is 4.90 Å². The van der Waals surface area contributed by atoms with E-state index in [1.165, 1.54) is 19.3 Å². The smallest absolute Gasteiger partial charge is 0.308 e. The van der Waals surface area contributed by atoms with Crippen molar-refractivity contribution in [2.24, 2.45) is 0 Å². The van der Waals surface area contributed by atoms with Crippen molar-refractivity contribution in [2.75, 3.05) is 19.7 Å². The van der Waals surface area contributed by atoms with E-state index in [9.17, 15) is 4.79 Å². The summed E-state index contributed by atoms with van der Waals surface area (Å²) in [4.78, 5) is 14.3. The van der Waals surface area contributed by atoms with Gasteiger partial charge in [0.15, 0.2) is 4.67 Å². The predicted octanol–water partition coefficient (Wildman–Crippen LogP) is 3.70. The first-order valence-electron chi connectivity index (χ1n) is 7.23. The highest BCUT2D eigenvalue weighted by Crippen LogP contribution is 2.36. The van der Waals surface area contributed by atoms with Crippen molar-refractivity contribution >= 4 is 21.9 Å². The van der Waals surface area contributed by atoms with Gasteiger partial charge in [-0.15, -0.1) is 0 Å². The first-order chi connectivity index (χ1) is 9.56. The van der Waals surface area contributed by atoms with Crippen LogP contribution in [-0.4, -0.2) is 30.6 Å². The number of nitrogens with zero attached hydrogens (tertiary/aromatic N) is 1. The van der Waals surface area contributed by atoms with Crippen molar-refractivity contribution in [1.29, 1.82) is 0 Å². The molecule has 1 aliphatic rings. The first kappa shape index (κ1) is 15.6. The number of halogens is 1. The number of hydrogen-bond acceptors (Lipinski definition) is 4. The van der Waals surface area contributed by atoms with Crippen LogP contribution in [-0.2, 0) is 15.1 Å². The summed E-state index contributed by atoms with van der Waals surface area (Å²) in [5.41, 5.74) is -0.432. The number of rotatable bonds is 5. The Morgan fingerprint density at radius 1 is 1.40 bits per heavy atom. The van der Waals surface area contributed by atoms with Gasteiger partial charge in [-0.3, -0.25) is 9.69 Å². The SMILES string of the molecule is CCOC(=O)CC(C)(c1ccc(Br)o1)N1CCCCC1. The highest BCUT2D eigenvalue weighted by atomic mass is 79.9. The van der Waals surface area contributed by atoms with Gasteiger partial charge < -0.3 is 9.15 Å². The van der Waals surface area contributed by atoms with Crippen LogP contribution >= 0.6 is 15.9 Å². The Morgan fingerprint density at radius 2 is 2.10 bits per heavy atom. The molecule has 1 atom stereocenters. The summed E-state index contributed by atoms with van der Waals surface area (Å²) in [6, 6.07) is 3.82. The molecule has 1 unspecified atom stereocenters. The van der Waals surface area contributed by atoms with Gasteiger partial charge in [-0.1, -0.05) is 6.42 Å². The summed E-state index contributed by atoms with van der Waals surface area (Å²) < 4.78 is 11.6. The van der Waals surface area contributed by atoms with E-state index in [4.69, 9.17) is 9.15 Å². The van der Waals surface area contributed by atoms with Crippen LogP contribution in [0, 0.1) is 0 Å². The Morgan fingerprint density at radius 3 is 2.65 bits per heavy atom. The van der Waals surface area contributed by atoms with Gasteiger partial charge in [0.25, 0.3) is 0 Å². The Hall–Kier alpha value is -0.810. The summed E-state index contributed by atoms with van der Waals surface area (Å²) >= 11 is 3.34. The van der Waals surface area contributed by atoms with E-state index in [-0.39, 0.29) is 5.97 Å². The third-order valence-electron chi connectivity index (χ3n) is 3.95. The lowest BCUT2D eigenvalue weighted by Gasteiger charge is -2.41. The molecule has 0 spiro atoms. The lowest BCUT2D eigenvalue weighted by molar-refractivity contribution is -0.147. The molecule has 1 aromatic heterocycles. The number of ether oxygens (including phenoxy) is 1. The summed E-state index contributed by atoms with van der Waals surface area (Å²) in [6.45, 7) is 6.30. The predicted molar refractivity (Wildman–Crippen MR) is 80.4 cm³/mol. The molecule has 1 saturated heterocycles. The zero-order chi connectivity index (χ0) is 14.6. The van der Waals surface area contributed by atoms with E-state index in [1.807, 2.05) is 19.1 Å². The van der Waals surface area contributed by atoms with E-state index in [2.05, 4.69) is 27.8 Å². The quantitative estimate of drug-likeness (QED) is 0.764. The van der Waals surface area contributed by atoms with E-state index < -0.39 is 5.54 Å². The molecule has 2 heterocycles. The van der Waals surface area contributed by atoms with Gasteiger partial charge in [0.05, 0.1) is 18.6 Å². The molecule has 0 N–H and O–H groups in total. The molecule has 112 valence electrons. The van der Waals surface area contributed by atoms with Gasteiger partial charge in [-0.05, 0) is 67.8 Å². The van der Waals surface area contributed by atoms with Crippen molar-refractivity contribution in [3.8, 4) is 0 Å². The second-order valence-electron chi connectivity index (χ2n) is 5.41. The minimum Gasteiger partial charge on any atom is -0.466 e. The van der Waals surface area contributed by atoms with Crippen molar-refractivity contribution in [2.45, 2.75) is 45.1 Å². The van der Waals surface area contributed by atoms with Crippen molar-refractivity contribution in [3.63, 3.8) is 0 Å². The van der Waals surface area contributed by atoms with E-state index in [1.54, 1.807) is 0 Å². The first-order valence-corrected chi connectivity index (χ1v) is 8.02. The van der Waals surface area contributed by atoms with Crippen molar-refractivity contribution < 1.29 is 13.9 Å². The molecule has 5 heteroatoms. The fourth-order valence-corrected chi connectivity index (χ4v) is 3.15. The number of likely N-dealkylation sites (tertiary alicyclic amines) is 1. The largest absolute Gasteiger partial charge is 0.466 e. The van der Waals surface area contributed by atoms with Crippen LogP contribution in [0.25, 0.3) is 0 Å². The van der Waals surface area contributed by atoms with Crippen LogP contribution in [0.15, 0.2) is 21.2 Å². The van der Waals surface area contributed by atoms with E-state index in [0.717, 1.165) is 18.8 Å². The van der Waals surface area contributed by atoms with Gasteiger partial charge in [-0.2, -0.15) is 0 Å². The summed E-state index contributed by atoms with van der Waals surface area (Å²) in [6.07, 6.45) is 3.91. The number of furan rings is 1. The van der Waals surface area contributed by atoms with Crippen LogP contribution in [0.5, 0.6) is 0 Å². The average Bonchev–Trinajstić information content (AvgIpc) is 2.87. The fraction of sp³-hybridized carbons (Fsp3) is 0.667. The minimum absolute atomic E-state index is 0.173. The van der Waals surface area contributed by atoms with E-state index in [0.29, 0.717) is 17.7 Å². The normalized spacial score (nSPS) is 19.6. The molecule has 0 saturated carbocycles. The average molecular weight is 344 g/mol. The van der Waals surface area contributed by atoms with Gasteiger partial charge in [0.2, 0.25) is 0 Å². The molecule has 2 rings (SSSR count). The second-order valence-corrected chi connectivity index (χ2v) is 6.19. The maximum Gasteiger partial charge on any atom is 0.308 e. The van der Waals surface area contributed by atoms with Gasteiger partial charge in [-0.25, -0.2) is 0 Å². The highest BCUT2D eigenvalue weighted by Gasteiger charge is 2.39. The lowest BCUT2D eigenvalue weighted by atomic mass is 9.90. The number of esters is 1. The number of carbonyl (C=O) groups is 1. The highest BCUT2D eigenvalue weighted by molar-refractivity contribution is 9.10.